The summed E-state index contributed by atoms with van der Waals surface area (Å²) in [4.78, 5) is 30.0. The molecule has 1 atom stereocenters. The van der Waals surface area contributed by atoms with E-state index in [1.54, 1.807) is 23.1 Å². The molecule has 0 radical (unpaired) electrons. The number of amides is 3. The lowest BCUT2D eigenvalue weighted by Gasteiger charge is -2.19. The molecule has 0 saturated carbocycles. The first kappa shape index (κ1) is 12.9. The highest BCUT2D eigenvalue weighted by Gasteiger charge is 2.52. The van der Waals surface area contributed by atoms with E-state index < -0.39 is 5.54 Å². The molecule has 0 bridgehead atoms. The number of hydrogen-bond donors (Lipinski definition) is 1. The van der Waals surface area contributed by atoms with Gasteiger partial charge in [-0.2, -0.15) is 11.8 Å². The highest BCUT2D eigenvalue weighted by molar-refractivity contribution is 7.99. The average molecular weight is 297 g/mol. The Hall–Kier alpha value is -1.08. The standard InChI is InChI=1S/C12H15N3O2S2/c1-8-13-9(6-19-8)2-4-15-10(16)12(14-11(15)17)3-5-18-7-12/h6H,2-5,7H2,1H3,(H,14,17)/t12-/m0/s1. The van der Waals surface area contributed by atoms with Crippen LogP contribution in [-0.2, 0) is 11.2 Å². The monoisotopic (exact) mass is 297 g/mol. The van der Waals surface area contributed by atoms with Gasteiger partial charge in [-0.05, 0) is 19.1 Å². The Bertz CT molecular complexity index is 523. The highest BCUT2D eigenvalue weighted by Crippen LogP contribution is 2.33. The van der Waals surface area contributed by atoms with Crippen molar-refractivity contribution < 1.29 is 9.59 Å². The van der Waals surface area contributed by atoms with Crippen LogP contribution in [0.5, 0.6) is 0 Å². The fourth-order valence-corrected chi connectivity index (χ4v) is 4.43. The zero-order valence-corrected chi connectivity index (χ0v) is 12.3. The maximum absolute atomic E-state index is 12.4. The third-order valence-corrected chi connectivity index (χ3v) is 5.54. The maximum Gasteiger partial charge on any atom is 0.325 e. The van der Waals surface area contributed by atoms with Crippen molar-refractivity contribution in [3.63, 3.8) is 0 Å². The van der Waals surface area contributed by atoms with Crippen molar-refractivity contribution in [2.75, 3.05) is 18.1 Å². The molecule has 3 amide bonds. The van der Waals surface area contributed by atoms with Crippen LogP contribution in [0.25, 0.3) is 0 Å². The van der Waals surface area contributed by atoms with Gasteiger partial charge in [0.05, 0.1) is 10.7 Å². The first-order valence-electron chi connectivity index (χ1n) is 6.24. The van der Waals surface area contributed by atoms with Gasteiger partial charge in [-0.1, -0.05) is 0 Å². The Labute approximate surface area is 119 Å². The summed E-state index contributed by atoms with van der Waals surface area (Å²) in [6.07, 6.45) is 1.38. The number of urea groups is 1. The normalized spacial score (nSPS) is 26.5. The van der Waals surface area contributed by atoms with Crippen LogP contribution in [0.1, 0.15) is 17.1 Å². The van der Waals surface area contributed by atoms with Gasteiger partial charge in [0.25, 0.3) is 5.91 Å². The number of thiazole rings is 1. The second kappa shape index (κ2) is 4.79. The van der Waals surface area contributed by atoms with Crippen LogP contribution in [0.3, 0.4) is 0 Å². The molecule has 2 saturated heterocycles. The number of nitrogens with one attached hydrogen (secondary N) is 1. The number of thioether (sulfide) groups is 1. The molecule has 7 heteroatoms. The molecule has 1 aromatic rings. The smallest absolute Gasteiger partial charge is 0.322 e. The number of nitrogens with zero attached hydrogens (tertiary/aromatic N) is 2. The van der Waals surface area contributed by atoms with Gasteiger partial charge in [-0.25, -0.2) is 9.78 Å². The van der Waals surface area contributed by atoms with Crippen molar-refractivity contribution in [3.8, 4) is 0 Å². The van der Waals surface area contributed by atoms with E-state index in [1.807, 2.05) is 12.3 Å². The molecule has 19 heavy (non-hydrogen) atoms. The molecule has 1 N–H and O–H groups in total. The lowest BCUT2D eigenvalue weighted by molar-refractivity contribution is -0.130. The van der Waals surface area contributed by atoms with Crippen molar-refractivity contribution in [1.82, 2.24) is 15.2 Å². The second-order valence-electron chi connectivity index (χ2n) is 4.88. The van der Waals surface area contributed by atoms with Crippen molar-refractivity contribution in [3.05, 3.63) is 16.1 Å². The summed E-state index contributed by atoms with van der Waals surface area (Å²) >= 11 is 3.31. The molecule has 2 aliphatic rings. The van der Waals surface area contributed by atoms with Crippen molar-refractivity contribution in [2.24, 2.45) is 0 Å². The Kier molecular flexibility index (Phi) is 3.26. The minimum absolute atomic E-state index is 0.0607. The summed E-state index contributed by atoms with van der Waals surface area (Å²) in [5, 5.41) is 5.86. The fraction of sp³-hybridized carbons (Fsp3) is 0.583. The van der Waals surface area contributed by atoms with E-state index in [-0.39, 0.29) is 11.9 Å². The number of hydrogen-bond acceptors (Lipinski definition) is 5. The van der Waals surface area contributed by atoms with Crippen LogP contribution < -0.4 is 5.32 Å². The Morgan fingerprint density at radius 2 is 2.37 bits per heavy atom. The summed E-state index contributed by atoms with van der Waals surface area (Å²) in [7, 11) is 0. The van der Waals surface area contributed by atoms with Crippen LogP contribution in [0.4, 0.5) is 4.79 Å². The van der Waals surface area contributed by atoms with Gasteiger partial charge in [0.1, 0.15) is 5.54 Å². The van der Waals surface area contributed by atoms with Gasteiger partial charge in [0, 0.05) is 24.1 Å². The van der Waals surface area contributed by atoms with Crippen molar-refractivity contribution in [2.45, 2.75) is 25.3 Å². The Morgan fingerprint density at radius 3 is 3.00 bits per heavy atom. The molecule has 5 nitrogen and oxygen atoms in total. The van der Waals surface area contributed by atoms with Crippen LogP contribution >= 0.6 is 23.1 Å². The summed E-state index contributed by atoms with van der Waals surface area (Å²) < 4.78 is 0. The zero-order valence-electron chi connectivity index (χ0n) is 10.6. The lowest BCUT2D eigenvalue weighted by atomic mass is 9.99. The van der Waals surface area contributed by atoms with Gasteiger partial charge in [-0.3, -0.25) is 9.69 Å². The van der Waals surface area contributed by atoms with Crippen LogP contribution in [0, 0.1) is 6.92 Å². The minimum Gasteiger partial charge on any atom is -0.322 e. The number of imide groups is 1. The number of rotatable bonds is 3. The molecule has 2 fully saturated rings. The largest absolute Gasteiger partial charge is 0.325 e. The van der Waals surface area contributed by atoms with Crippen LogP contribution in [-0.4, -0.2) is 45.4 Å². The second-order valence-corrected chi connectivity index (χ2v) is 7.05. The third-order valence-electron chi connectivity index (χ3n) is 3.53. The molecule has 3 rings (SSSR count). The predicted octanol–water partition coefficient (Wildman–Crippen LogP) is 1.42. The fourth-order valence-electron chi connectivity index (χ4n) is 2.46. The summed E-state index contributed by atoms with van der Waals surface area (Å²) in [6, 6.07) is -0.251. The van der Waals surface area contributed by atoms with E-state index in [0.29, 0.717) is 18.7 Å². The highest BCUT2D eigenvalue weighted by atomic mass is 32.2. The van der Waals surface area contributed by atoms with Crippen LogP contribution in [0.2, 0.25) is 0 Å². The van der Waals surface area contributed by atoms with E-state index >= 15 is 0 Å². The van der Waals surface area contributed by atoms with E-state index in [2.05, 4.69) is 10.3 Å². The molecule has 1 spiro atoms. The van der Waals surface area contributed by atoms with Gasteiger partial charge in [0.15, 0.2) is 0 Å². The molecule has 1 aromatic heterocycles. The van der Waals surface area contributed by atoms with E-state index in [4.69, 9.17) is 0 Å². The van der Waals surface area contributed by atoms with Gasteiger partial charge >= 0.3 is 6.03 Å². The number of aromatic nitrogens is 1. The number of aryl methyl sites for hydroxylation is 1. The van der Waals surface area contributed by atoms with Crippen LogP contribution in [0.15, 0.2) is 5.38 Å². The van der Waals surface area contributed by atoms with E-state index in [1.165, 1.54) is 4.90 Å². The molecule has 0 unspecified atom stereocenters. The topological polar surface area (TPSA) is 62.3 Å². The molecule has 3 heterocycles. The summed E-state index contributed by atoms with van der Waals surface area (Å²) in [5.41, 5.74) is 0.324. The number of carbonyl (C=O) groups is 2. The quantitative estimate of drug-likeness (QED) is 0.857. The first-order chi connectivity index (χ1) is 9.11. The lowest BCUT2D eigenvalue weighted by Crippen LogP contribution is -2.47. The Morgan fingerprint density at radius 1 is 1.53 bits per heavy atom. The Balaban J connectivity index is 1.68. The summed E-state index contributed by atoms with van der Waals surface area (Å²) in [5.74, 6) is 1.57. The van der Waals surface area contributed by atoms with E-state index in [0.717, 1.165) is 22.9 Å². The van der Waals surface area contributed by atoms with Gasteiger partial charge < -0.3 is 5.32 Å². The molecular weight excluding hydrogens is 282 g/mol. The SMILES string of the molecule is Cc1nc(CCN2C(=O)N[C@]3(CCSC3)C2=O)cs1. The molecule has 0 aromatic carbocycles. The summed E-state index contributed by atoms with van der Waals surface area (Å²) in [6.45, 7) is 2.37. The van der Waals surface area contributed by atoms with Crippen molar-refractivity contribution >= 4 is 35.0 Å². The molecular formula is C12H15N3O2S2. The van der Waals surface area contributed by atoms with Crippen molar-refractivity contribution in [1.29, 1.82) is 0 Å². The predicted molar refractivity (Wildman–Crippen MR) is 75.5 cm³/mol. The van der Waals surface area contributed by atoms with Gasteiger partial charge in [-0.15, -0.1) is 11.3 Å². The molecule has 2 aliphatic heterocycles. The van der Waals surface area contributed by atoms with Gasteiger partial charge in [0.2, 0.25) is 0 Å². The molecule has 102 valence electrons. The van der Waals surface area contributed by atoms with E-state index in [9.17, 15) is 9.59 Å². The zero-order chi connectivity index (χ0) is 13.5. The first-order valence-corrected chi connectivity index (χ1v) is 8.27. The average Bonchev–Trinajstić information content (AvgIpc) is 3.04. The number of carbonyl (C=O) groups excluding carboxylic acids is 2. The maximum atomic E-state index is 12.4. The molecule has 0 aliphatic carbocycles. The third kappa shape index (κ3) is 2.25. The minimum atomic E-state index is -0.625.